The molecule has 1 N–H and O–H groups in total. The average Bonchev–Trinajstić information content (AvgIpc) is 2.72. The molecule has 2 aromatic rings. The Labute approximate surface area is 92.5 Å². The summed E-state index contributed by atoms with van der Waals surface area (Å²) in [5.74, 6) is 0. The summed E-state index contributed by atoms with van der Waals surface area (Å²) < 4.78 is 12.0. The van der Waals surface area contributed by atoms with Crippen LogP contribution in [0.3, 0.4) is 0 Å². The zero-order chi connectivity index (χ0) is 9.80. The van der Waals surface area contributed by atoms with Crippen molar-refractivity contribution in [2.45, 2.75) is 6.54 Å². The lowest BCUT2D eigenvalue weighted by molar-refractivity contribution is 0.329. The summed E-state index contributed by atoms with van der Waals surface area (Å²) in [5, 5.41) is 7.97. The number of nitrogens with one attached hydrogen (secondary N) is 1. The Morgan fingerprint density at radius 3 is 2.53 bits per heavy atom. The number of aromatic nitrogens is 3. The summed E-state index contributed by atoms with van der Waals surface area (Å²) in [4.78, 5) is 1.46. The fourth-order valence-corrected chi connectivity index (χ4v) is 1.27. The smallest absolute Gasteiger partial charge is 0.0902 e. The molecular formula is C9H10ClFN4. The number of hydrogen-bond acceptors (Lipinski definition) is 3. The van der Waals surface area contributed by atoms with E-state index in [-0.39, 0.29) is 19.0 Å². The molecule has 0 bridgehead atoms. The molecule has 0 fully saturated rings. The number of para-hydroxylation sites is 1. The van der Waals surface area contributed by atoms with Crippen LogP contribution >= 0.6 is 12.4 Å². The third-order valence-corrected chi connectivity index (χ3v) is 1.88. The van der Waals surface area contributed by atoms with E-state index in [1.807, 2.05) is 24.3 Å². The van der Waals surface area contributed by atoms with Crippen LogP contribution in [0.25, 0.3) is 5.69 Å². The monoisotopic (exact) mass is 228 g/mol. The van der Waals surface area contributed by atoms with Crippen LogP contribution in [0.2, 0.25) is 0 Å². The zero-order valence-electron chi connectivity index (χ0n) is 7.80. The summed E-state index contributed by atoms with van der Waals surface area (Å²) >= 11 is 0. The van der Waals surface area contributed by atoms with Crippen molar-refractivity contribution in [3.63, 3.8) is 0 Å². The molecule has 0 aliphatic rings. The predicted octanol–water partition coefficient (Wildman–Crippen LogP) is 1.66. The molecular weight excluding hydrogens is 219 g/mol. The Morgan fingerprint density at radius 2 is 1.87 bits per heavy atom. The van der Waals surface area contributed by atoms with E-state index in [9.17, 15) is 4.48 Å². The van der Waals surface area contributed by atoms with Crippen LogP contribution < -0.4 is 5.54 Å². The quantitative estimate of drug-likeness (QED) is 0.813. The molecule has 0 spiro atoms. The molecule has 1 aromatic carbocycles. The third-order valence-electron chi connectivity index (χ3n) is 1.88. The Morgan fingerprint density at radius 1 is 1.20 bits per heavy atom. The molecule has 0 saturated heterocycles. The van der Waals surface area contributed by atoms with E-state index in [0.717, 1.165) is 11.3 Å². The Bertz CT molecular complexity index is 404. The van der Waals surface area contributed by atoms with E-state index in [2.05, 4.69) is 10.2 Å². The van der Waals surface area contributed by atoms with Crippen molar-refractivity contribution >= 4 is 12.4 Å². The van der Waals surface area contributed by atoms with Crippen LogP contribution in [0.15, 0.2) is 36.7 Å². The van der Waals surface area contributed by atoms with E-state index in [0.29, 0.717) is 0 Å². The van der Waals surface area contributed by atoms with Gasteiger partial charge < -0.3 is 0 Å². The van der Waals surface area contributed by atoms with Crippen molar-refractivity contribution in [1.29, 1.82) is 0 Å². The highest BCUT2D eigenvalue weighted by Gasteiger charge is 2.03. The third kappa shape index (κ3) is 2.51. The summed E-state index contributed by atoms with van der Waals surface area (Å²) in [5.41, 5.74) is 3.21. The van der Waals surface area contributed by atoms with Crippen molar-refractivity contribution in [1.82, 2.24) is 20.5 Å². The molecule has 1 aromatic heterocycles. The summed E-state index contributed by atoms with van der Waals surface area (Å²) in [6.07, 6.45) is 3.17. The van der Waals surface area contributed by atoms with E-state index < -0.39 is 0 Å². The minimum absolute atomic E-state index is 0. The minimum atomic E-state index is 0. The lowest BCUT2D eigenvalue weighted by Gasteiger charge is -2.05. The largest absolute Gasteiger partial charge is 0.157 e. The number of nitrogens with zero attached hydrogens (tertiary/aromatic N) is 3. The number of hydrogen-bond donors (Lipinski definition) is 1. The van der Waals surface area contributed by atoms with E-state index >= 15 is 0 Å². The maximum atomic E-state index is 12.0. The van der Waals surface area contributed by atoms with E-state index in [1.165, 1.54) is 4.80 Å². The molecule has 0 amide bonds. The molecule has 80 valence electrons. The average molecular weight is 229 g/mol. The van der Waals surface area contributed by atoms with Gasteiger partial charge in [0.2, 0.25) is 0 Å². The van der Waals surface area contributed by atoms with Gasteiger partial charge in [0.25, 0.3) is 0 Å². The van der Waals surface area contributed by atoms with Gasteiger partial charge in [-0.25, -0.2) is 0 Å². The van der Waals surface area contributed by atoms with Gasteiger partial charge in [-0.1, -0.05) is 18.2 Å². The fraction of sp³-hybridized carbons (Fsp3) is 0.111. The van der Waals surface area contributed by atoms with E-state index in [1.54, 1.807) is 17.9 Å². The fourth-order valence-electron chi connectivity index (χ4n) is 1.27. The molecule has 2 rings (SSSR count). The van der Waals surface area contributed by atoms with Gasteiger partial charge in [-0.3, -0.25) is 0 Å². The normalized spacial score (nSPS) is 9.67. The lowest BCUT2D eigenvalue weighted by atomic mass is 10.2. The van der Waals surface area contributed by atoms with Gasteiger partial charge in [-0.05, 0) is 11.6 Å². The maximum Gasteiger partial charge on any atom is 0.0902 e. The maximum absolute atomic E-state index is 12.0. The first kappa shape index (κ1) is 11.6. The molecule has 6 heteroatoms. The van der Waals surface area contributed by atoms with Gasteiger partial charge >= 0.3 is 0 Å². The number of halogens is 2. The van der Waals surface area contributed by atoms with E-state index in [4.69, 9.17) is 0 Å². The minimum Gasteiger partial charge on any atom is -0.157 e. The first-order chi connectivity index (χ1) is 6.92. The molecule has 0 atom stereocenters. The second-order valence-electron chi connectivity index (χ2n) is 2.76. The van der Waals surface area contributed by atoms with Crippen LogP contribution in [0.5, 0.6) is 0 Å². The van der Waals surface area contributed by atoms with Gasteiger partial charge in [-0.2, -0.15) is 20.5 Å². The van der Waals surface area contributed by atoms with Gasteiger partial charge in [0.15, 0.2) is 0 Å². The molecule has 1 heterocycles. The molecule has 0 aliphatic carbocycles. The van der Waals surface area contributed by atoms with Crippen molar-refractivity contribution in [2.75, 3.05) is 0 Å². The van der Waals surface area contributed by atoms with Crippen molar-refractivity contribution < 1.29 is 4.48 Å². The van der Waals surface area contributed by atoms with Crippen LogP contribution in [0.1, 0.15) is 5.56 Å². The van der Waals surface area contributed by atoms with Crippen LogP contribution in [0, 0.1) is 0 Å². The first-order valence-corrected chi connectivity index (χ1v) is 4.20. The lowest BCUT2D eigenvalue weighted by Crippen LogP contribution is -2.07. The number of rotatable bonds is 3. The highest BCUT2D eigenvalue weighted by atomic mass is 35.5. The van der Waals surface area contributed by atoms with Crippen molar-refractivity contribution in [3.05, 3.63) is 42.2 Å². The van der Waals surface area contributed by atoms with Gasteiger partial charge in [-0.15, -0.1) is 16.9 Å². The Kier molecular flexibility index (Phi) is 4.20. The molecule has 0 saturated carbocycles. The Hall–Kier alpha value is -1.46. The summed E-state index contributed by atoms with van der Waals surface area (Å²) in [6, 6.07) is 7.37. The van der Waals surface area contributed by atoms with Gasteiger partial charge in [0.05, 0.1) is 24.6 Å². The molecule has 4 nitrogen and oxygen atoms in total. The molecule has 0 radical (unpaired) electrons. The van der Waals surface area contributed by atoms with Gasteiger partial charge in [0.1, 0.15) is 0 Å². The second kappa shape index (κ2) is 5.43. The number of benzene rings is 1. The SMILES string of the molecule is Cl.FNCc1ccccc1-n1nccn1. The van der Waals surface area contributed by atoms with Crippen molar-refractivity contribution in [3.8, 4) is 5.69 Å². The molecule has 15 heavy (non-hydrogen) atoms. The summed E-state index contributed by atoms with van der Waals surface area (Å²) in [7, 11) is 0. The summed E-state index contributed by atoms with van der Waals surface area (Å²) in [6.45, 7) is 0.151. The Balaban J connectivity index is 0.00000112. The zero-order valence-corrected chi connectivity index (χ0v) is 8.62. The van der Waals surface area contributed by atoms with Crippen LogP contribution in [-0.4, -0.2) is 15.0 Å². The van der Waals surface area contributed by atoms with Crippen molar-refractivity contribution in [2.24, 2.45) is 0 Å². The highest BCUT2D eigenvalue weighted by molar-refractivity contribution is 5.85. The molecule has 0 unspecified atom stereocenters. The van der Waals surface area contributed by atoms with Crippen LogP contribution in [0.4, 0.5) is 4.48 Å². The predicted molar refractivity (Wildman–Crippen MR) is 56.6 cm³/mol. The standard InChI is InChI=1S/C9H9FN4.ClH/c10-11-7-8-3-1-2-4-9(8)14-12-5-6-13-14;/h1-6,11H,7H2;1H. The van der Waals surface area contributed by atoms with Gasteiger partial charge in [0, 0.05) is 0 Å². The molecule has 0 aliphatic heterocycles. The topological polar surface area (TPSA) is 42.7 Å². The second-order valence-corrected chi connectivity index (χ2v) is 2.76. The van der Waals surface area contributed by atoms with Crippen LogP contribution in [-0.2, 0) is 6.54 Å². The first-order valence-electron chi connectivity index (χ1n) is 4.20. The highest BCUT2D eigenvalue weighted by Crippen LogP contribution is 2.11.